The summed E-state index contributed by atoms with van der Waals surface area (Å²) in [7, 11) is 0. The standard InChI is InChI=1S/C14H16N2O3S/c17-9-13(6-11-4-2-1-3-5-11)15-8-12-7-14(16(18)19)20-10-12/h1-5,7,10,13,15,17H,6,8-9H2/t13-/m0/s1. The Hall–Kier alpha value is -1.76. The molecule has 0 unspecified atom stereocenters. The van der Waals surface area contributed by atoms with E-state index in [1.807, 2.05) is 30.3 Å². The second-order valence-electron chi connectivity index (χ2n) is 4.50. The summed E-state index contributed by atoms with van der Waals surface area (Å²) in [5.74, 6) is 0. The number of hydrogen-bond donors (Lipinski definition) is 2. The number of aliphatic hydroxyl groups is 1. The highest BCUT2D eigenvalue weighted by Crippen LogP contribution is 2.22. The van der Waals surface area contributed by atoms with E-state index in [-0.39, 0.29) is 22.6 Å². The molecule has 2 rings (SSSR count). The maximum Gasteiger partial charge on any atom is 0.324 e. The second-order valence-corrected chi connectivity index (χ2v) is 5.39. The van der Waals surface area contributed by atoms with Crippen molar-refractivity contribution in [3.63, 3.8) is 0 Å². The summed E-state index contributed by atoms with van der Waals surface area (Å²) in [6, 6.07) is 11.4. The molecule has 0 radical (unpaired) electrons. The lowest BCUT2D eigenvalue weighted by molar-refractivity contribution is -0.380. The zero-order chi connectivity index (χ0) is 14.4. The van der Waals surface area contributed by atoms with Crippen molar-refractivity contribution < 1.29 is 10.0 Å². The first-order valence-electron chi connectivity index (χ1n) is 6.29. The Kier molecular flexibility index (Phi) is 5.23. The minimum absolute atomic E-state index is 0.0289. The van der Waals surface area contributed by atoms with Gasteiger partial charge in [0.05, 0.1) is 11.5 Å². The molecule has 5 nitrogen and oxygen atoms in total. The second kappa shape index (κ2) is 7.14. The number of benzene rings is 1. The first-order valence-corrected chi connectivity index (χ1v) is 7.17. The van der Waals surface area contributed by atoms with Crippen LogP contribution >= 0.6 is 11.3 Å². The van der Waals surface area contributed by atoms with Crippen LogP contribution in [0.1, 0.15) is 11.1 Å². The van der Waals surface area contributed by atoms with Crippen molar-refractivity contribution in [3.8, 4) is 0 Å². The number of nitro groups is 1. The topological polar surface area (TPSA) is 75.4 Å². The van der Waals surface area contributed by atoms with Gasteiger partial charge in [0.2, 0.25) is 0 Å². The molecule has 0 amide bonds. The van der Waals surface area contributed by atoms with Gasteiger partial charge in [-0.1, -0.05) is 41.7 Å². The monoisotopic (exact) mass is 292 g/mol. The van der Waals surface area contributed by atoms with Gasteiger partial charge in [-0.3, -0.25) is 10.1 Å². The molecule has 1 atom stereocenters. The Labute approximate surface area is 121 Å². The van der Waals surface area contributed by atoms with Crippen molar-refractivity contribution in [2.45, 2.75) is 19.0 Å². The summed E-state index contributed by atoms with van der Waals surface area (Å²) in [6.45, 7) is 0.545. The van der Waals surface area contributed by atoms with Crippen LogP contribution in [0.15, 0.2) is 41.8 Å². The first kappa shape index (κ1) is 14.6. The summed E-state index contributed by atoms with van der Waals surface area (Å²) in [5, 5.41) is 25.1. The van der Waals surface area contributed by atoms with Crippen LogP contribution in [0, 0.1) is 10.1 Å². The van der Waals surface area contributed by atoms with Crippen molar-refractivity contribution in [1.82, 2.24) is 5.32 Å². The lowest BCUT2D eigenvalue weighted by atomic mass is 10.1. The number of hydrogen-bond acceptors (Lipinski definition) is 5. The molecular formula is C14H16N2O3S. The summed E-state index contributed by atoms with van der Waals surface area (Å²) >= 11 is 1.12. The zero-order valence-corrected chi connectivity index (χ0v) is 11.7. The van der Waals surface area contributed by atoms with Gasteiger partial charge in [-0.2, -0.15) is 0 Å². The molecule has 0 saturated heterocycles. The van der Waals surface area contributed by atoms with Crippen LogP contribution in [0.2, 0.25) is 0 Å². The smallest absolute Gasteiger partial charge is 0.324 e. The van der Waals surface area contributed by atoms with Crippen molar-refractivity contribution >= 4 is 16.3 Å². The van der Waals surface area contributed by atoms with Crippen LogP contribution in [0.5, 0.6) is 0 Å². The largest absolute Gasteiger partial charge is 0.395 e. The third-order valence-electron chi connectivity index (χ3n) is 2.96. The third-order valence-corrected chi connectivity index (χ3v) is 3.89. The Balaban J connectivity index is 1.88. The van der Waals surface area contributed by atoms with Gasteiger partial charge < -0.3 is 10.4 Å². The molecule has 1 aromatic heterocycles. The minimum atomic E-state index is -0.387. The van der Waals surface area contributed by atoms with Crippen LogP contribution in [0.4, 0.5) is 5.00 Å². The number of nitrogens with zero attached hydrogens (tertiary/aromatic N) is 1. The number of rotatable bonds is 7. The lowest BCUT2D eigenvalue weighted by Crippen LogP contribution is -2.33. The molecule has 0 spiro atoms. The summed E-state index contributed by atoms with van der Waals surface area (Å²) in [5.41, 5.74) is 2.02. The predicted octanol–water partition coefficient (Wildman–Crippen LogP) is 2.35. The van der Waals surface area contributed by atoms with Crippen molar-refractivity contribution in [1.29, 1.82) is 0 Å². The van der Waals surface area contributed by atoms with E-state index in [0.29, 0.717) is 6.54 Å². The maximum absolute atomic E-state index is 10.6. The van der Waals surface area contributed by atoms with E-state index < -0.39 is 0 Å². The molecule has 2 aromatic rings. The van der Waals surface area contributed by atoms with Crippen LogP contribution < -0.4 is 5.32 Å². The number of thiophene rings is 1. The van der Waals surface area contributed by atoms with Gasteiger partial charge in [0.15, 0.2) is 0 Å². The van der Waals surface area contributed by atoms with Gasteiger partial charge in [0.1, 0.15) is 0 Å². The fourth-order valence-corrected chi connectivity index (χ4v) is 2.64. The Morgan fingerprint density at radius 3 is 2.65 bits per heavy atom. The van der Waals surface area contributed by atoms with Crippen LogP contribution in [0.25, 0.3) is 0 Å². The zero-order valence-electron chi connectivity index (χ0n) is 10.9. The fourth-order valence-electron chi connectivity index (χ4n) is 1.91. The molecule has 0 aliphatic heterocycles. The SMILES string of the molecule is O=[N+]([O-])c1cc(CN[C@H](CO)Cc2ccccc2)cs1. The van der Waals surface area contributed by atoms with E-state index in [9.17, 15) is 15.2 Å². The summed E-state index contributed by atoms with van der Waals surface area (Å²) in [6.07, 6.45) is 0.726. The van der Waals surface area contributed by atoms with Gasteiger partial charge >= 0.3 is 5.00 Å². The predicted molar refractivity (Wildman–Crippen MR) is 78.8 cm³/mol. The first-order chi connectivity index (χ1) is 9.69. The van der Waals surface area contributed by atoms with Gasteiger partial charge in [0, 0.05) is 24.0 Å². The molecule has 6 heteroatoms. The fraction of sp³-hybridized carbons (Fsp3) is 0.286. The molecule has 0 aliphatic rings. The van der Waals surface area contributed by atoms with Gasteiger partial charge in [-0.15, -0.1) is 0 Å². The quantitative estimate of drug-likeness (QED) is 0.607. The molecule has 1 aromatic carbocycles. The summed E-state index contributed by atoms with van der Waals surface area (Å²) in [4.78, 5) is 10.2. The van der Waals surface area contributed by atoms with Crippen molar-refractivity contribution in [2.24, 2.45) is 0 Å². The van der Waals surface area contributed by atoms with E-state index in [4.69, 9.17) is 0 Å². The van der Waals surface area contributed by atoms with E-state index in [1.54, 1.807) is 11.4 Å². The molecule has 2 N–H and O–H groups in total. The Morgan fingerprint density at radius 1 is 1.30 bits per heavy atom. The molecule has 0 bridgehead atoms. The van der Waals surface area contributed by atoms with E-state index in [0.717, 1.165) is 28.9 Å². The highest BCUT2D eigenvalue weighted by molar-refractivity contribution is 7.13. The molecule has 106 valence electrons. The van der Waals surface area contributed by atoms with E-state index in [2.05, 4.69) is 5.32 Å². The molecule has 20 heavy (non-hydrogen) atoms. The highest BCUT2D eigenvalue weighted by Gasteiger charge is 2.12. The molecule has 0 fully saturated rings. The van der Waals surface area contributed by atoms with E-state index in [1.165, 1.54) is 0 Å². The third kappa shape index (κ3) is 4.12. The van der Waals surface area contributed by atoms with Crippen LogP contribution in [-0.4, -0.2) is 22.7 Å². The van der Waals surface area contributed by atoms with Crippen LogP contribution in [0.3, 0.4) is 0 Å². The van der Waals surface area contributed by atoms with Crippen LogP contribution in [-0.2, 0) is 13.0 Å². The lowest BCUT2D eigenvalue weighted by Gasteiger charge is -2.15. The van der Waals surface area contributed by atoms with Gasteiger partial charge in [0.25, 0.3) is 0 Å². The molecule has 0 aliphatic carbocycles. The average Bonchev–Trinajstić information content (AvgIpc) is 2.93. The molecule has 1 heterocycles. The van der Waals surface area contributed by atoms with Gasteiger partial charge in [-0.05, 0) is 17.5 Å². The van der Waals surface area contributed by atoms with E-state index >= 15 is 0 Å². The van der Waals surface area contributed by atoms with Crippen molar-refractivity contribution in [2.75, 3.05) is 6.61 Å². The maximum atomic E-state index is 10.6. The number of aliphatic hydroxyl groups excluding tert-OH is 1. The normalized spacial score (nSPS) is 12.2. The number of nitrogens with one attached hydrogen (secondary N) is 1. The molecule has 0 saturated carbocycles. The Morgan fingerprint density at radius 2 is 2.05 bits per heavy atom. The molecular weight excluding hydrogens is 276 g/mol. The average molecular weight is 292 g/mol. The highest BCUT2D eigenvalue weighted by atomic mass is 32.1. The Bertz CT molecular complexity index is 557. The van der Waals surface area contributed by atoms with Gasteiger partial charge in [-0.25, -0.2) is 0 Å². The minimum Gasteiger partial charge on any atom is -0.395 e. The summed E-state index contributed by atoms with van der Waals surface area (Å²) < 4.78 is 0. The van der Waals surface area contributed by atoms with Crippen molar-refractivity contribution in [3.05, 3.63) is 63.0 Å².